The van der Waals surface area contributed by atoms with Crippen molar-refractivity contribution in [1.82, 2.24) is 24.6 Å². The summed E-state index contributed by atoms with van der Waals surface area (Å²) in [5, 5.41) is 6.93. The average molecular weight is 339 g/mol. The Balaban J connectivity index is 1.50. The summed E-state index contributed by atoms with van der Waals surface area (Å²) < 4.78 is 1.84. The zero-order valence-corrected chi connectivity index (χ0v) is 13.9. The second-order valence-corrected chi connectivity index (χ2v) is 6.68. The van der Waals surface area contributed by atoms with Crippen molar-refractivity contribution in [1.29, 1.82) is 0 Å². The molecule has 24 heavy (non-hydrogen) atoms. The second kappa shape index (κ2) is 6.52. The highest BCUT2D eigenvalue weighted by Gasteiger charge is 2.27. The van der Waals surface area contributed by atoms with Crippen molar-refractivity contribution in [2.75, 3.05) is 13.1 Å². The second-order valence-electron chi connectivity index (χ2n) is 5.83. The molecule has 3 aromatic rings. The average Bonchev–Trinajstić information content (AvgIpc) is 3.34. The summed E-state index contributed by atoms with van der Waals surface area (Å²) in [7, 11) is 0. The Hall–Kier alpha value is -2.54. The first kappa shape index (κ1) is 15.0. The van der Waals surface area contributed by atoms with Crippen molar-refractivity contribution in [3.8, 4) is 10.6 Å². The number of thiazole rings is 1. The molecule has 2 aromatic heterocycles. The number of aromatic nitrogens is 4. The lowest BCUT2D eigenvalue weighted by atomic mass is 10.1. The minimum atomic E-state index is -0.00162. The Bertz CT molecular complexity index is 815. The number of carbonyl (C=O) groups is 1. The monoisotopic (exact) mass is 339 g/mol. The molecule has 1 aromatic carbocycles. The van der Waals surface area contributed by atoms with Gasteiger partial charge in [0.2, 0.25) is 0 Å². The number of hydrogen-bond acceptors (Lipinski definition) is 5. The van der Waals surface area contributed by atoms with E-state index in [0.29, 0.717) is 12.2 Å². The van der Waals surface area contributed by atoms with Gasteiger partial charge in [-0.05, 0) is 12.8 Å². The molecule has 0 spiro atoms. The van der Waals surface area contributed by atoms with Crippen LogP contribution in [0.1, 0.15) is 29.4 Å². The van der Waals surface area contributed by atoms with E-state index in [4.69, 9.17) is 0 Å². The van der Waals surface area contributed by atoms with Gasteiger partial charge in [-0.2, -0.15) is 5.10 Å². The first-order valence-corrected chi connectivity index (χ1v) is 8.83. The summed E-state index contributed by atoms with van der Waals surface area (Å²) in [6.07, 6.45) is 5.23. The summed E-state index contributed by atoms with van der Waals surface area (Å²) >= 11 is 1.51. The highest BCUT2D eigenvalue weighted by molar-refractivity contribution is 7.13. The number of likely N-dealkylation sites (tertiary alicyclic amines) is 1. The third-order valence-corrected chi connectivity index (χ3v) is 5.13. The highest BCUT2D eigenvalue weighted by Crippen LogP contribution is 2.26. The Morgan fingerprint density at radius 2 is 2.12 bits per heavy atom. The fraction of sp³-hybridized carbons (Fsp3) is 0.294. The van der Waals surface area contributed by atoms with E-state index in [1.165, 1.54) is 17.7 Å². The van der Waals surface area contributed by atoms with Crippen LogP contribution in [0, 0.1) is 0 Å². The Labute approximate surface area is 143 Å². The number of amides is 1. The fourth-order valence-corrected chi connectivity index (χ4v) is 3.81. The summed E-state index contributed by atoms with van der Waals surface area (Å²) in [6, 6.07) is 10.1. The van der Waals surface area contributed by atoms with Gasteiger partial charge in [0.15, 0.2) is 0 Å². The third kappa shape index (κ3) is 2.94. The predicted octanol–water partition coefficient (Wildman–Crippen LogP) is 2.88. The topological polar surface area (TPSA) is 63.9 Å². The first-order valence-electron chi connectivity index (χ1n) is 7.95. The number of rotatable bonds is 3. The Kier molecular flexibility index (Phi) is 4.08. The van der Waals surface area contributed by atoms with Crippen LogP contribution >= 0.6 is 11.3 Å². The Morgan fingerprint density at radius 1 is 1.25 bits per heavy atom. The van der Waals surface area contributed by atoms with Crippen LogP contribution in [0.4, 0.5) is 0 Å². The first-order chi connectivity index (χ1) is 11.8. The minimum absolute atomic E-state index is 0.00162. The SMILES string of the molecule is O=C(c1csc(-c2ccccc2)n1)N1CCC[C@H](n2cncn2)C1. The number of carbonyl (C=O) groups excluding carboxylic acids is 1. The maximum Gasteiger partial charge on any atom is 0.273 e. The van der Waals surface area contributed by atoms with E-state index in [9.17, 15) is 4.79 Å². The van der Waals surface area contributed by atoms with E-state index in [2.05, 4.69) is 15.1 Å². The fourth-order valence-electron chi connectivity index (χ4n) is 3.01. The van der Waals surface area contributed by atoms with Crippen molar-refractivity contribution >= 4 is 17.2 Å². The van der Waals surface area contributed by atoms with E-state index in [-0.39, 0.29) is 11.9 Å². The largest absolute Gasteiger partial charge is 0.335 e. The molecule has 0 unspecified atom stereocenters. The summed E-state index contributed by atoms with van der Waals surface area (Å²) in [6.45, 7) is 1.42. The molecule has 7 heteroatoms. The van der Waals surface area contributed by atoms with E-state index < -0.39 is 0 Å². The molecule has 0 N–H and O–H groups in total. The van der Waals surface area contributed by atoms with Gasteiger partial charge >= 0.3 is 0 Å². The van der Waals surface area contributed by atoms with Crippen LogP contribution in [0.3, 0.4) is 0 Å². The molecule has 6 nitrogen and oxygen atoms in total. The standard InChI is InChI=1S/C17H17N5OS/c23-17(15-10-24-16(20-15)13-5-2-1-3-6-13)21-8-4-7-14(9-21)22-12-18-11-19-22/h1-3,5-6,10-12,14H,4,7-9H2/t14-/m0/s1. The van der Waals surface area contributed by atoms with Crippen LogP contribution in [0.5, 0.6) is 0 Å². The van der Waals surface area contributed by atoms with E-state index in [1.807, 2.05) is 45.3 Å². The molecule has 0 saturated carbocycles. The van der Waals surface area contributed by atoms with Crippen molar-refractivity contribution in [2.24, 2.45) is 0 Å². The lowest BCUT2D eigenvalue weighted by Gasteiger charge is -2.32. The van der Waals surface area contributed by atoms with Crippen molar-refractivity contribution in [3.63, 3.8) is 0 Å². The van der Waals surface area contributed by atoms with E-state index >= 15 is 0 Å². The number of benzene rings is 1. The van der Waals surface area contributed by atoms with Gasteiger partial charge in [0.1, 0.15) is 23.4 Å². The molecule has 122 valence electrons. The molecular formula is C17H17N5OS. The molecule has 1 aliphatic rings. The van der Waals surface area contributed by atoms with Crippen LogP contribution in [0.15, 0.2) is 48.4 Å². The quantitative estimate of drug-likeness (QED) is 0.736. The maximum absolute atomic E-state index is 12.8. The van der Waals surface area contributed by atoms with Crippen LogP contribution in [-0.2, 0) is 0 Å². The van der Waals surface area contributed by atoms with Gasteiger partial charge in [-0.1, -0.05) is 30.3 Å². The molecule has 0 bridgehead atoms. The molecule has 1 saturated heterocycles. The third-order valence-electron chi connectivity index (χ3n) is 4.24. The van der Waals surface area contributed by atoms with Crippen LogP contribution in [-0.4, -0.2) is 43.6 Å². The van der Waals surface area contributed by atoms with Crippen LogP contribution in [0.25, 0.3) is 10.6 Å². The number of piperidine rings is 1. The van der Waals surface area contributed by atoms with Crippen molar-refractivity contribution in [3.05, 3.63) is 54.1 Å². The normalized spacial score (nSPS) is 17.8. The smallest absolute Gasteiger partial charge is 0.273 e. The van der Waals surface area contributed by atoms with Gasteiger partial charge in [0.25, 0.3) is 5.91 Å². The van der Waals surface area contributed by atoms with Crippen molar-refractivity contribution < 1.29 is 4.79 Å². The summed E-state index contributed by atoms with van der Waals surface area (Å²) in [5.74, 6) is -0.00162. The molecule has 1 amide bonds. The molecule has 4 rings (SSSR count). The van der Waals surface area contributed by atoms with E-state index in [0.717, 1.165) is 30.0 Å². The molecule has 1 fully saturated rings. The predicted molar refractivity (Wildman–Crippen MR) is 91.7 cm³/mol. The maximum atomic E-state index is 12.8. The minimum Gasteiger partial charge on any atom is -0.335 e. The lowest BCUT2D eigenvalue weighted by molar-refractivity contribution is 0.0667. The van der Waals surface area contributed by atoms with Crippen LogP contribution < -0.4 is 0 Å². The van der Waals surface area contributed by atoms with Gasteiger partial charge in [-0.15, -0.1) is 11.3 Å². The zero-order chi connectivity index (χ0) is 16.4. The molecule has 3 heterocycles. The van der Waals surface area contributed by atoms with Gasteiger partial charge in [-0.25, -0.2) is 14.6 Å². The molecular weight excluding hydrogens is 322 g/mol. The number of nitrogens with zero attached hydrogens (tertiary/aromatic N) is 5. The lowest BCUT2D eigenvalue weighted by Crippen LogP contribution is -2.41. The number of hydrogen-bond donors (Lipinski definition) is 0. The van der Waals surface area contributed by atoms with Gasteiger partial charge in [-0.3, -0.25) is 4.79 Å². The Morgan fingerprint density at radius 3 is 2.92 bits per heavy atom. The highest BCUT2D eigenvalue weighted by atomic mass is 32.1. The van der Waals surface area contributed by atoms with Gasteiger partial charge in [0.05, 0.1) is 6.04 Å². The van der Waals surface area contributed by atoms with Gasteiger partial charge < -0.3 is 4.90 Å². The zero-order valence-electron chi connectivity index (χ0n) is 13.1. The van der Waals surface area contributed by atoms with Crippen molar-refractivity contribution in [2.45, 2.75) is 18.9 Å². The molecule has 1 atom stereocenters. The molecule has 0 radical (unpaired) electrons. The summed E-state index contributed by atoms with van der Waals surface area (Å²) in [4.78, 5) is 23.2. The van der Waals surface area contributed by atoms with Gasteiger partial charge in [0, 0.05) is 24.0 Å². The molecule has 0 aliphatic carbocycles. The molecule has 1 aliphatic heterocycles. The van der Waals surface area contributed by atoms with Crippen LogP contribution in [0.2, 0.25) is 0 Å². The summed E-state index contributed by atoms with van der Waals surface area (Å²) in [5.41, 5.74) is 1.57. The van der Waals surface area contributed by atoms with E-state index in [1.54, 1.807) is 6.33 Å².